The minimum absolute atomic E-state index is 0.0692. The van der Waals surface area contributed by atoms with Crippen molar-refractivity contribution < 1.29 is 14.3 Å². The molecule has 0 bridgehead atoms. The van der Waals surface area contributed by atoms with Gasteiger partial charge in [0, 0.05) is 37.8 Å². The van der Waals surface area contributed by atoms with Gasteiger partial charge in [0.2, 0.25) is 5.91 Å². The first-order valence-electron chi connectivity index (χ1n) is 8.52. The van der Waals surface area contributed by atoms with Crippen molar-refractivity contribution in [3.63, 3.8) is 0 Å². The van der Waals surface area contributed by atoms with Gasteiger partial charge in [0.15, 0.2) is 0 Å². The summed E-state index contributed by atoms with van der Waals surface area (Å²) in [5.74, 6) is 1.35. The van der Waals surface area contributed by atoms with Crippen molar-refractivity contribution in [3.05, 3.63) is 47.5 Å². The van der Waals surface area contributed by atoms with Crippen LogP contribution in [0, 0.1) is 6.92 Å². The highest BCUT2D eigenvalue weighted by Gasteiger charge is 2.28. The van der Waals surface area contributed by atoms with Crippen molar-refractivity contribution in [3.8, 4) is 5.75 Å². The summed E-state index contributed by atoms with van der Waals surface area (Å²) in [5.41, 5.74) is 1.74. The topological polar surface area (TPSA) is 84.4 Å². The SMILES string of the molecule is COc1ccc(NC(=O)c2cnc([C@H]3CCN(C(C)=O)C3)nc2C)cc1. The molecule has 0 unspecified atom stereocenters. The maximum absolute atomic E-state index is 12.5. The number of hydrogen-bond donors (Lipinski definition) is 1. The van der Waals surface area contributed by atoms with E-state index >= 15 is 0 Å². The fourth-order valence-electron chi connectivity index (χ4n) is 3.03. The van der Waals surface area contributed by atoms with E-state index in [0.29, 0.717) is 29.3 Å². The van der Waals surface area contributed by atoms with E-state index < -0.39 is 0 Å². The first-order chi connectivity index (χ1) is 12.5. The maximum Gasteiger partial charge on any atom is 0.259 e. The minimum atomic E-state index is -0.254. The van der Waals surface area contributed by atoms with Crippen LogP contribution in [0.25, 0.3) is 0 Å². The van der Waals surface area contributed by atoms with E-state index in [9.17, 15) is 9.59 Å². The molecular formula is C19H22N4O3. The molecule has 2 amide bonds. The predicted molar refractivity (Wildman–Crippen MR) is 97.3 cm³/mol. The van der Waals surface area contributed by atoms with Crippen LogP contribution in [0.5, 0.6) is 5.75 Å². The average Bonchev–Trinajstić information content (AvgIpc) is 3.12. The number of amides is 2. The van der Waals surface area contributed by atoms with Gasteiger partial charge in [0.1, 0.15) is 11.6 Å². The zero-order valence-corrected chi connectivity index (χ0v) is 15.2. The van der Waals surface area contributed by atoms with Crippen LogP contribution in [-0.2, 0) is 4.79 Å². The van der Waals surface area contributed by atoms with Gasteiger partial charge in [-0.25, -0.2) is 9.97 Å². The quantitative estimate of drug-likeness (QED) is 0.911. The normalized spacial score (nSPS) is 16.4. The zero-order chi connectivity index (χ0) is 18.7. The van der Waals surface area contributed by atoms with Gasteiger partial charge >= 0.3 is 0 Å². The third-order valence-electron chi connectivity index (χ3n) is 4.59. The number of carbonyl (C=O) groups is 2. The fraction of sp³-hybridized carbons (Fsp3) is 0.368. The molecule has 1 atom stereocenters. The third kappa shape index (κ3) is 3.82. The lowest BCUT2D eigenvalue weighted by Gasteiger charge is -2.14. The Hall–Kier alpha value is -2.96. The number of carbonyl (C=O) groups excluding carboxylic acids is 2. The molecular weight excluding hydrogens is 332 g/mol. The number of likely N-dealkylation sites (tertiary alicyclic amines) is 1. The number of nitrogens with zero attached hydrogens (tertiary/aromatic N) is 3. The van der Waals surface area contributed by atoms with Gasteiger partial charge in [-0.15, -0.1) is 0 Å². The molecule has 7 heteroatoms. The van der Waals surface area contributed by atoms with Gasteiger partial charge in [0.05, 0.1) is 18.4 Å². The molecule has 26 heavy (non-hydrogen) atoms. The number of anilines is 1. The summed E-state index contributed by atoms with van der Waals surface area (Å²) in [5, 5.41) is 2.83. The summed E-state index contributed by atoms with van der Waals surface area (Å²) in [7, 11) is 1.59. The van der Waals surface area contributed by atoms with Crippen molar-refractivity contribution in [2.24, 2.45) is 0 Å². The number of nitrogens with one attached hydrogen (secondary N) is 1. The minimum Gasteiger partial charge on any atom is -0.497 e. The van der Waals surface area contributed by atoms with Gasteiger partial charge in [-0.3, -0.25) is 9.59 Å². The molecule has 3 rings (SSSR count). The number of methoxy groups -OCH3 is 1. The number of rotatable bonds is 4. The molecule has 1 N–H and O–H groups in total. The molecule has 1 saturated heterocycles. The molecule has 1 aliphatic rings. The molecule has 136 valence electrons. The third-order valence-corrected chi connectivity index (χ3v) is 4.59. The standard InChI is InChI=1S/C19H22N4O3/c1-12-17(19(25)22-15-4-6-16(26-3)7-5-15)10-20-18(21-12)14-8-9-23(11-14)13(2)24/h4-7,10,14H,8-9,11H2,1-3H3,(H,22,25)/t14-/m0/s1. The summed E-state index contributed by atoms with van der Waals surface area (Å²) in [4.78, 5) is 34.6. The molecule has 1 aromatic carbocycles. The number of ether oxygens (including phenoxy) is 1. The number of hydrogen-bond acceptors (Lipinski definition) is 5. The van der Waals surface area contributed by atoms with Crippen LogP contribution in [0.2, 0.25) is 0 Å². The Balaban J connectivity index is 1.70. The maximum atomic E-state index is 12.5. The second-order valence-corrected chi connectivity index (χ2v) is 6.36. The lowest BCUT2D eigenvalue weighted by atomic mass is 10.1. The predicted octanol–water partition coefficient (Wildman–Crippen LogP) is 2.38. The lowest BCUT2D eigenvalue weighted by Crippen LogP contribution is -2.25. The van der Waals surface area contributed by atoms with Crippen molar-refractivity contribution in [1.29, 1.82) is 0 Å². The first kappa shape index (κ1) is 17.8. The van der Waals surface area contributed by atoms with Crippen molar-refractivity contribution in [2.75, 3.05) is 25.5 Å². The van der Waals surface area contributed by atoms with E-state index in [1.54, 1.807) is 56.3 Å². The smallest absolute Gasteiger partial charge is 0.259 e. The highest BCUT2D eigenvalue weighted by molar-refractivity contribution is 6.04. The Labute approximate surface area is 152 Å². The van der Waals surface area contributed by atoms with Gasteiger partial charge < -0.3 is 15.0 Å². The summed E-state index contributed by atoms with van der Waals surface area (Å²) < 4.78 is 5.10. The highest BCUT2D eigenvalue weighted by Crippen LogP contribution is 2.25. The molecule has 0 spiro atoms. The molecule has 1 aliphatic heterocycles. The van der Waals surface area contributed by atoms with Crippen LogP contribution in [0.3, 0.4) is 0 Å². The van der Waals surface area contributed by atoms with Crippen LogP contribution in [-0.4, -0.2) is 46.9 Å². The Kier molecular flexibility index (Phi) is 5.16. The van der Waals surface area contributed by atoms with Crippen molar-refractivity contribution >= 4 is 17.5 Å². The van der Waals surface area contributed by atoms with E-state index in [4.69, 9.17) is 4.74 Å². The van der Waals surface area contributed by atoms with Crippen molar-refractivity contribution in [1.82, 2.24) is 14.9 Å². The Bertz CT molecular complexity index is 820. The summed E-state index contributed by atoms with van der Waals surface area (Å²) >= 11 is 0. The van der Waals surface area contributed by atoms with E-state index in [1.807, 2.05) is 0 Å². The van der Waals surface area contributed by atoms with Crippen LogP contribution in [0.1, 0.15) is 41.1 Å². The van der Waals surface area contributed by atoms with Gasteiger partial charge in [-0.05, 0) is 37.6 Å². The zero-order valence-electron chi connectivity index (χ0n) is 15.2. The first-order valence-corrected chi connectivity index (χ1v) is 8.52. The van der Waals surface area contributed by atoms with E-state index in [2.05, 4.69) is 15.3 Å². The fourth-order valence-corrected chi connectivity index (χ4v) is 3.03. The van der Waals surface area contributed by atoms with E-state index in [1.165, 1.54) is 0 Å². The number of aryl methyl sites for hydroxylation is 1. The Morgan fingerprint density at radius 1 is 1.27 bits per heavy atom. The van der Waals surface area contributed by atoms with E-state index in [-0.39, 0.29) is 17.7 Å². The summed E-state index contributed by atoms with van der Waals surface area (Å²) in [6.07, 6.45) is 2.41. The monoisotopic (exact) mass is 354 g/mol. The molecule has 7 nitrogen and oxygen atoms in total. The van der Waals surface area contributed by atoms with Gasteiger partial charge in [0.25, 0.3) is 5.91 Å². The number of aromatic nitrogens is 2. The Morgan fingerprint density at radius 2 is 2.00 bits per heavy atom. The average molecular weight is 354 g/mol. The van der Waals surface area contributed by atoms with Gasteiger partial charge in [-0.2, -0.15) is 0 Å². The van der Waals surface area contributed by atoms with E-state index in [0.717, 1.165) is 18.7 Å². The highest BCUT2D eigenvalue weighted by atomic mass is 16.5. The summed E-state index contributed by atoms with van der Waals surface area (Å²) in [6, 6.07) is 7.11. The molecule has 1 aromatic heterocycles. The molecule has 0 radical (unpaired) electrons. The molecule has 1 fully saturated rings. The molecule has 0 saturated carbocycles. The second kappa shape index (κ2) is 7.51. The van der Waals surface area contributed by atoms with Gasteiger partial charge in [-0.1, -0.05) is 0 Å². The lowest BCUT2D eigenvalue weighted by molar-refractivity contribution is -0.127. The number of benzene rings is 1. The van der Waals surface area contributed by atoms with Crippen LogP contribution >= 0.6 is 0 Å². The van der Waals surface area contributed by atoms with Crippen LogP contribution in [0.4, 0.5) is 5.69 Å². The molecule has 0 aliphatic carbocycles. The molecule has 2 aromatic rings. The summed E-state index contributed by atoms with van der Waals surface area (Å²) in [6.45, 7) is 4.72. The molecule has 2 heterocycles. The Morgan fingerprint density at radius 3 is 2.58 bits per heavy atom. The van der Waals surface area contributed by atoms with Crippen molar-refractivity contribution in [2.45, 2.75) is 26.2 Å². The second-order valence-electron chi connectivity index (χ2n) is 6.36. The van der Waals surface area contributed by atoms with Crippen LogP contribution in [0.15, 0.2) is 30.5 Å². The largest absolute Gasteiger partial charge is 0.497 e. The van der Waals surface area contributed by atoms with Crippen LogP contribution < -0.4 is 10.1 Å².